The molecule has 0 amide bonds. The molecule has 0 bridgehead atoms. The topological polar surface area (TPSA) is 18.5 Å². The van der Waals surface area contributed by atoms with Crippen molar-refractivity contribution in [2.24, 2.45) is 0 Å². The molecule has 2 nitrogen and oxygen atoms in total. The van der Waals surface area contributed by atoms with Crippen LogP contribution in [0.2, 0.25) is 0 Å². The Kier molecular flexibility index (Phi) is 3.73. The molecule has 0 aliphatic carbocycles. The van der Waals surface area contributed by atoms with E-state index in [0.29, 0.717) is 0 Å². The van der Waals surface area contributed by atoms with Gasteiger partial charge >= 0.3 is 0 Å². The van der Waals surface area contributed by atoms with Crippen molar-refractivity contribution in [2.75, 3.05) is 0 Å². The van der Waals surface area contributed by atoms with Gasteiger partial charge in [0.15, 0.2) is 11.5 Å². The van der Waals surface area contributed by atoms with Crippen LogP contribution in [0.1, 0.15) is 0 Å². The van der Waals surface area contributed by atoms with Crippen LogP contribution in [0.25, 0.3) is 0 Å². The molecule has 2 rings (SSSR count). The standard InChI is InChI=1S/C10H8O2.Os/c1-3-7-11-9(5-1)10-6-2-4-8-12-10;/h1-8H;. The Balaban J connectivity index is 0.000000845. The van der Waals surface area contributed by atoms with Crippen molar-refractivity contribution in [1.29, 1.82) is 0 Å². The summed E-state index contributed by atoms with van der Waals surface area (Å²) in [7, 11) is 0. The fraction of sp³-hybridized carbons (Fsp3) is 0. The molecule has 0 aromatic rings. The molecule has 0 saturated carbocycles. The summed E-state index contributed by atoms with van der Waals surface area (Å²) in [6.45, 7) is 0. The molecule has 0 atom stereocenters. The van der Waals surface area contributed by atoms with Gasteiger partial charge in [-0.05, 0) is 24.3 Å². The van der Waals surface area contributed by atoms with Gasteiger partial charge in [-0.25, -0.2) is 0 Å². The smallest absolute Gasteiger partial charge is 0.168 e. The molecule has 0 aromatic carbocycles. The van der Waals surface area contributed by atoms with Gasteiger partial charge in [-0.2, -0.15) is 0 Å². The van der Waals surface area contributed by atoms with Gasteiger partial charge in [-0.3, -0.25) is 0 Å². The molecule has 0 fully saturated rings. The maximum atomic E-state index is 5.22. The minimum Gasteiger partial charge on any atom is -0.461 e. The van der Waals surface area contributed by atoms with Gasteiger partial charge in [-0.15, -0.1) is 0 Å². The largest absolute Gasteiger partial charge is 0.461 e. The minimum absolute atomic E-state index is 0. The van der Waals surface area contributed by atoms with Crippen LogP contribution in [0.5, 0.6) is 0 Å². The van der Waals surface area contributed by atoms with Gasteiger partial charge in [0.05, 0.1) is 12.5 Å². The average molecular weight is 350 g/mol. The van der Waals surface area contributed by atoms with E-state index < -0.39 is 0 Å². The van der Waals surface area contributed by atoms with Gasteiger partial charge in [0.2, 0.25) is 0 Å². The molecule has 0 unspecified atom stereocenters. The Morgan fingerprint density at radius 2 is 1.15 bits per heavy atom. The summed E-state index contributed by atoms with van der Waals surface area (Å²) in [6, 6.07) is 0. The summed E-state index contributed by atoms with van der Waals surface area (Å²) in [5.41, 5.74) is 0. The average Bonchev–Trinajstić information content (AvgIpc) is 2.21. The third kappa shape index (κ3) is 2.44. The van der Waals surface area contributed by atoms with Crippen LogP contribution in [0.4, 0.5) is 0 Å². The van der Waals surface area contributed by atoms with E-state index in [1.807, 2.05) is 36.5 Å². The summed E-state index contributed by atoms with van der Waals surface area (Å²) >= 11 is 0. The van der Waals surface area contributed by atoms with Crippen LogP contribution >= 0.6 is 0 Å². The van der Waals surface area contributed by atoms with Gasteiger partial charge in [-0.1, -0.05) is 12.2 Å². The third-order valence-electron chi connectivity index (χ3n) is 1.51. The van der Waals surface area contributed by atoms with E-state index in [1.165, 1.54) is 0 Å². The number of hydrogen-bond donors (Lipinski definition) is 0. The monoisotopic (exact) mass is 352 g/mol. The molecule has 0 N–H and O–H groups in total. The van der Waals surface area contributed by atoms with Gasteiger partial charge in [0.25, 0.3) is 0 Å². The number of hydrogen-bond acceptors (Lipinski definition) is 2. The van der Waals surface area contributed by atoms with Gasteiger partial charge < -0.3 is 9.47 Å². The second-order valence-electron chi connectivity index (χ2n) is 2.34. The molecule has 0 saturated heterocycles. The summed E-state index contributed by atoms with van der Waals surface area (Å²) in [5, 5.41) is 0. The van der Waals surface area contributed by atoms with E-state index in [2.05, 4.69) is 0 Å². The molecular weight excluding hydrogens is 342 g/mol. The molecule has 3 heteroatoms. The van der Waals surface area contributed by atoms with E-state index in [-0.39, 0.29) is 19.8 Å². The van der Waals surface area contributed by atoms with Crippen molar-refractivity contribution in [3.63, 3.8) is 0 Å². The van der Waals surface area contributed by atoms with Crippen molar-refractivity contribution in [3.05, 3.63) is 60.5 Å². The number of rotatable bonds is 0. The zero-order valence-electron chi connectivity index (χ0n) is 6.79. The molecule has 2 heterocycles. The Morgan fingerprint density at radius 1 is 0.692 bits per heavy atom. The zero-order valence-corrected chi connectivity index (χ0v) is 9.33. The fourth-order valence-corrected chi connectivity index (χ4v) is 0.961. The second-order valence-corrected chi connectivity index (χ2v) is 2.34. The van der Waals surface area contributed by atoms with E-state index in [9.17, 15) is 0 Å². The summed E-state index contributed by atoms with van der Waals surface area (Å²) in [6.07, 6.45) is 14.4. The molecular formula is C10H8O2Os. The Labute approximate surface area is 90.0 Å². The maximum Gasteiger partial charge on any atom is 0.168 e. The van der Waals surface area contributed by atoms with E-state index in [4.69, 9.17) is 9.47 Å². The SMILES string of the molecule is C1=COC(=C2C=CC=CO2)C=C1.[Os]. The molecule has 68 valence electrons. The third-order valence-corrected chi connectivity index (χ3v) is 1.51. The molecule has 0 spiro atoms. The van der Waals surface area contributed by atoms with Gasteiger partial charge in [0.1, 0.15) is 0 Å². The molecule has 0 radical (unpaired) electrons. The van der Waals surface area contributed by atoms with Crippen LogP contribution in [0, 0.1) is 0 Å². The number of allylic oxidation sites excluding steroid dienone is 6. The molecule has 0 aromatic heterocycles. The normalized spacial score (nSPS) is 23.4. The van der Waals surface area contributed by atoms with E-state index >= 15 is 0 Å². The van der Waals surface area contributed by atoms with Crippen molar-refractivity contribution in [3.8, 4) is 0 Å². The van der Waals surface area contributed by atoms with Crippen molar-refractivity contribution >= 4 is 0 Å². The van der Waals surface area contributed by atoms with Crippen LogP contribution in [-0.4, -0.2) is 0 Å². The van der Waals surface area contributed by atoms with E-state index in [1.54, 1.807) is 12.5 Å². The van der Waals surface area contributed by atoms with Crippen LogP contribution < -0.4 is 0 Å². The second kappa shape index (κ2) is 4.84. The number of ether oxygens (including phenoxy) is 2. The Bertz CT molecular complexity index is 290. The van der Waals surface area contributed by atoms with Crippen LogP contribution in [-0.2, 0) is 29.3 Å². The Hall–Kier alpha value is -1.06. The summed E-state index contributed by atoms with van der Waals surface area (Å²) in [5.74, 6) is 1.47. The first-order valence-corrected chi connectivity index (χ1v) is 3.71. The minimum atomic E-state index is 0. The Morgan fingerprint density at radius 3 is 1.46 bits per heavy atom. The fourth-order valence-electron chi connectivity index (χ4n) is 0.961. The van der Waals surface area contributed by atoms with Crippen LogP contribution in [0.3, 0.4) is 0 Å². The van der Waals surface area contributed by atoms with E-state index in [0.717, 1.165) is 11.5 Å². The molecule has 2 aliphatic heterocycles. The first kappa shape index (κ1) is 10.0. The first-order chi connectivity index (χ1) is 5.97. The predicted octanol–water partition coefficient (Wildman–Crippen LogP) is 2.40. The first-order valence-electron chi connectivity index (χ1n) is 3.71. The van der Waals surface area contributed by atoms with Crippen molar-refractivity contribution in [1.82, 2.24) is 0 Å². The van der Waals surface area contributed by atoms with Gasteiger partial charge in [0, 0.05) is 19.8 Å². The van der Waals surface area contributed by atoms with Crippen molar-refractivity contribution < 1.29 is 29.3 Å². The quantitative estimate of drug-likeness (QED) is 0.668. The van der Waals surface area contributed by atoms with Crippen LogP contribution in [0.15, 0.2) is 60.5 Å². The summed E-state index contributed by atoms with van der Waals surface area (Å²) < 4.78 is 10.4. The predicted molar refractivity (Wildman–Crippen MR) is 45.8 cm³/mol. The molecule has 13 heavy (non-hydrogen) atoms. The zero-order chi connectivity index (χ0) is 8.23. The molecule has 2 aliphatic rings. The maximum absolute atomic E-state index is 5.22. The van der Waals surface area contributed by atoms with Crippen molar-refractivity contribution in [2.45, 2.75) is 0 Å². The summed E-state index contributed by atoms with van der Waals surface area (Å²) in [4.78, 5) is 0.